The molecule has 1 saturated heterocycles. The predicted molar refractivity (Wildman–Crippen MR) is 85.1 cm³/mol. The monoisotopic (exact) mass is 290 g/mol. The van der Waals surface area contributed by atoms with Gasteiger partial charge in [0.15, 0.2) is 0 Å². The second kappa shape index (κ2) is 6.15. The van der Waals surface area contributed by atoms with Gasteiger partial charge < -0.3 is 15.6 Å². The fraction of sp³-hybridized carbons (Fsp3) is 0.733. The molecule has 1 aromatic rings. The first-order valence-corrected chi connectivity index (χ1v) is 7.99. The van der Waals surface area contributed by atoms with Crippen LogP contribution in [0, 0.1) is 5.92 Å². The first-order chi connectivity index (χ1) is 10.2. The summed E-state index contributed by atoms with van der Waals surface area (Å²) in [6, 6.07) is 2.53. The fourth-order valence-corrected chi connectivity index (χ4v) is 2.90. The zero-order valence-electron chi connectivity index (χ0n) is 13.0. The number of nitrogen functional groups attached to an aromatic ring is 1. The van der Waals surface area contributed by atoms with E-state index in [1.165, 1.54) is 32.4 Å². The summed E-state index contributed by atoms with van der Waals surface area (Å²) in [4.78, 5) is 11.6. The number of nitrogens with one attached hydrogen (secondary N) is 2. The molecule has 1 aliphatic heterocycles. The molecule has 116 valence electrons. The van der Waals surface area contributed by atoms with Crippen molar-refractivity contribution in [2.45, 2.75) is 45.1 Å². The van der Waals surface area contributed by atoms with Gasteiger partial charge in [-0.25, -0.2) is 15.8 Å². The Morgan fingerprint density at radius 3 is 2.67 bits per heavy atom. The van der Waals surface area contributed by atoms with Gasteiger partial charge in [-0.2, -0.15) is 0 Å². The molecule has 0 amide bonds. The van der Waals surface area contributed by atoms with Crippen molar-refractivity contribution in [3.05, 3.63) is 11.9 Å². The van der Waals surface area contributed by atoms with Crippen molar-refractivity contribution >= 4 is 11.6 Å². The highest BCUT2D eigenvalue weighted by Crippen LogP contribution is 2.38. The number of nitrogens with zero attached hydrogens (tertiary/aromatic N) is 3. The molecule has 2 aliphatic rings. The van der Waals surface area contributed by atoms with Gasteiger partial charge >= 0.3 is 0 Å². The number of rotatable bonds is 6. The van der Waals surface area contributed by atoms with Crippen LogP contribution in [0.15, 0.2) is 6.07 Å². The molecule has 0 aromatic carbocycles. The van der Waals surface area contributed by atoms with Gasteiger partial charge in [-0.1, -0.05) is 0 Å². The van der Waals surface area contributed by atoms with Gasteiger partial charge in [-0.05, 0) is 45.6 Å². The van der Waals surface area contributed by atoms with Gasteiger partial charge in [0.1, 0.15) is 17.5 Å². The maximum atomic E-state index is 5.50. The van der Waals surface area contributed by atoms with Crippen LogP contribution in [0.3, 0.4) is 0 Å². The summed E-state index contributed by atoms with van der Waals surface area (Å²) in [5.41, 5.74) is 2.64. The molecular weight excluding hydrogens is 264 g/mol. The molecule has 6 nitrogen and oxygen atoms in total. The average Bonchev–Trinajstić information content (AvgIpc) is 3.23. The number of hydrogen-bond donors (Lipinski definition) is 3. The lowest BCUT2D eigenvalue weighted by molar-refractivity contribution is 0.266. The number of anilines is 2. The van der Waals surface area contributed by atoms with E-state index in [9.17, 15) is 0 Å². The maximum absolute atomic E-state index is 5.50. The van der Waals surface area contributed by atoms with Gasteiger partial charge in [0.25, 0.3) is 0 Å². The van der Waals surface area contributed by atoms with Crippen LogP contribution < -0.4 is 16.6 Å². The minimum atomic E-state index is 0.529. The van der Waals surface area contributed by atoms with Crippen LogP contribution in [0.4, 0.5) is 11.6 Å². The van der Waals surface area contributed by atoms with Crippen LogP contribution in [0.1, 0.15) is 44.9 Å². The normalized spacial score (nSPS) is 22.8. The summed E-state index contributed by atoms with van der Waals surface area (Å²) >= 11 is 0. The van der Waals surface area contributed by atoms with E-state index in [-0.39, 0.29) is 0 Å². The third kappa shape index (κ3) is 3.63. The average molecular weight is 290 g/mol. The second-order valence-electron chi connectivity index (χ2n) is 6.54. The lowest BCUT2D eigenvalue weighted by Gasteiger charge is -2.20. The van der Waals surface area contributed by atoms with Crippen molar-refractivity contribution in [1.29, 1.82) is 0 Å². The molecular formula is C15H26N6. The lowest BCUT2D eigenvalue weighted by atomic mass is 10.1. The molecule has 1 unspecified atom stereocenters. The summed E-state index contributed by atoms with van der Waals surface area (Å²) in [5.74, 6) is 9.24. The summed E-state index contributed by atoms with van der Waals surface area (Å²) < 4.78 is 0. The number of hydrazine groups is 1. The smallest absolute Gasteiger partial charge is 0.145 e. The van der Waals surface area contributed by atoms with Crippen molar-refractivity contribution in [2.75, 3.05) is 30.4 Å². The molecule has 0 radical (unpaired) electrons. The van der Waals surface area contributed by atoms with Crippen molar-refractivity contribution in [3.63, 3.8) is 0 Å². The van der Waals surface area contributed by atoms with Crippen molar-refractivity contribution in [1.82, 2.24) is 14.9 Å². The summed E-state index contributed by atoms with van der Waals surface area (Å²) in [7, 11) is 0. The highest BCUT2D eigenvalue weighted by atomic mass is 15.3. The van der Waals surface area contributed by atoms with Crippen molar-refractivity contribution < 1.29 is 0 Å². The Morgan fingerprint density at radius 1 is 1.29 bits per heavy atom. The van der Waals surface area contributed by atoms with Crippen LogP contribution >= 0.6 is 0 Å². The standard InChI is InChI=1S/C15H26N6/c1-10(2)21-6-5-11(9-21)8-17-13-7-14(20-16)19-15(18-13)12-3-4-12/h7,10-12H,3-6,8-9,16H2,1-2H3,(H2,17,18,19,20). The molecule has 0 bridgehead atoms. The number of hydrogen-bond acceptors (Lipinski definition) is 6. The number of nitrogens with two attached hydrogens (primary N) is 1. The third-order valence-corrected chi connectivity index (χ3v) is 4.45. The highest BCUT2D eigenvalue weighted by molar-refractivity contribution is 5.47. The molecule has 2 heterocycles. The molecule has 1 aromatic heterocycles. The van der Waals surface area contributed by atoms with Gasteiger partial charge in [0.05, 0.1) is 0 Å². The van der Waals surface area contributed by atoms with Crippen LogP contribution in [-0.2, 0) is 0 Å². The molecule has 21 heavy (non-hydrogen) atoms. The van der Waals surface area contributed by atoms with E-state index < -0.39 is 0 Å². The Bertz CT molecular complexity index is 485. The molecule has 1 aliphatic carbocycles. The van der Waals surface area contributed by atoms with Gasteiger partial charge in [-0.3, -0.25) is 0 Å². The molecule has 1 saturated carbocycles. The molecule has 0 spiro atoms. The summed E-state index contributed by atoms with van der Waals surface area (Å²) in [6.45, 7) is 7.88. The van der Waals surface area contributed by atoms with Crippen molar-refractivity contribution in [2.24, 2.45) is 11.8 Å². The van der Waals surface area contributed by atoms with Crippen molar-refractivity contribution in [3.8, 4) is 0 Å². The molecule has 3 rings (SSSR count). The van der Waals surface area contributed by atoms with Crippen LogP contribution in [0.5, 0.6) is 0 Å². The van der Waals surface area contributed by atoms with E-state index in [1.807, 2.05) is 6.07 Å². The van der Waals surface area contributed by atoms with E-state index >= 15 is 0 Å². The van der Waals surface area contributed by atoms with Crippen LogP contribution in [0.25, 0.3) is 0 Å². The van der Waals surface area contributed by atoms with Crippen LogP contribution in [0.2, 0.25) is 0 Å². The fourth-order valence-electron chi connectivity index (χ4n) is 2.90. The van der Waals surface area contributed by atoms with E-state index in [4.69, 9.17) is 5.84 Å². The molecule has 6 heteroatoms. The van der Waals surface area contributed by atoms with E-state index in [0.29, 0.717) is 23.7 Å². The maximum Gasteiger partial charge on any atom is 0.145 e. The van der Waals surface area contributed by atoms with Crippen LogP contribution in [-0.4, -0.2) is 40.5 Å². The molecule has 4 N–H and O–H groups in total. The van der Waals surface area contributed by atoms with E-state index in [0.717, 1.165) is 18.2 Å². The first kappa shape index (κ1) is 14.5. The minimum Gasteiger partial charge on any atom is -0.370 e. The molecule has 2 fully saturated rings. The Balaban J connectivity index is 1.59. The highest BCUT2D eigenvalue weighted by Gasteiger charge is 2.28. The Morgan fingerprint density at radius 2 is 2.05 bits per heavy atom. The SMILES string of the molecule is CC(C)N1CCC(CNc2cc(NN)nc(C3CC3)n2)C1. The number of likely N-dealkylation sites (tertiary alicyclic amines) is 1. The summed E-state index contributed by atoms with van der Waals surface area (Å²) in [5, 5.41) is 3.47. The quantitative estimate of drug-likeness (QED) is 0.547. The third-order valence-electron chi connectivity index (χ3n) is 4.45. The lowest BCUT2D eigenvalue weighted by Crippen LogP contribution is -2.29. The largest absolute Gasteiger partial charge is 0.370 e. The van der Waals surface area contributed by atoms with Gasteiger partial charge in [0.2, 0.25) is 0 Å². The zero-order chi connectivity index (χ0) is 14.8. The Hall–Kier alpha value is -1.40. The van der Waals surface area contributed by atoms with E-state index in [2.05, 4.69) is 39.5 Å². The number of aromatic nitrogens is 2. The van der Waals surface area contributed by atoms with Gasteiger partial charge in [-0.15, -0.1) is 0 Å². The predicted octanol–water partition coefficient (Wildman–Crippen LogP) is 1.78. The first-order valence-electron chi connectivity index (χ1n) is 7.99. The second-order valence-corrected chi connectivity index (χ2v) is 6.54. The zero-order valence-corrected chi connectivity index (χ0v) is 13.0. The van der Waals surface area contributed by atoms with E-state index in [1.54, 1.807) is 0 Å². The minimum absolute atomic E-state index is 0.529. The Kier molecular flexibility index (Phi) is 4.26. The van der Waals surface area contributed by atoms with Gasteiger partial charge in [0, 0.05) is 31.1 Å². The molecule has 1 atom stereocenters. The topological polar surface area (TPSA) is 79.1 Å². The summed E-state index contributed by atoms with van der Waals surface area (Å²) in [6.07, 6.45) is 3.65. The Labute approximate surface area is 126 Å².